The maximum absolute atomic E-state index is 6.10. The van der Waals surface area contributed by atoms with Crippen LogP contribution in [0.1, 0.15) is 44.1 Å². The SMILES string of the molecule is c1cc(COc2ccc([S+](c3ccc(OC4CCCCO4)cc3)c3ccc(OC4CCCCO4)cc3)cc2)ccn1. The first-order chi connectivity index (χ1) is 20.3. The molecule has 0 aliphatic carbocycles. The van der Waals surface area contributed by atoms with E-state index in [1.807, 2.05) is 24.3 Å². The molecular weight excluding hydrogens is 534 g/mol. The summed E-state index contributed by atoms with van der Waals surface area (Å²) in [5, 5.41) is 0. The summed E-state index contributed by atoms with van der Waals surface area (Å²) >= 11 is 0. The van der Waals surface area contributed by atoms with E-state index in [9.17, 15) is 0 Å². The van der Waals surface area contributed by atoms with Crippen molar-refractivity contribution in [1.29, 1.82) is 0 Å². The van der Waals surface area contributed by atoms with Crippen LogP contribution in [0.2, 0.25) is 0 Å². The molecule has 4 aromatic rings. The molecule has 6 rings (SSSR count). The van der Waals surface area contributed by atoms with Crippen LogP contribution < -0.4 is 14.2 Å². The molecule has 0 amide bonds. The Kier molecular flexibility index (Phi) is 9.37. The van der Waals surface area contributed by atoms with Gasteiger partial charge < -0.3 is 23.7 Å². The zero-order chi connectivity index (χ0) is 27.7. The molecule has 3 heterocycles. The highest BCUT2D eigenvalue weighted by Crippen LogP contribution is 2.35. The van der Waals surface area contributed by atoms with Gasteiger partial charge in [0.25, 0.3) is 0 Å². The number of pyridine rings is 1. The van der Waals surface area contributed by atoms with Crippen molar-refractivity contribution < 1.29 is 23.7 Å². The normalized spacial score (nSPS) is 19.7. The van der Waals surface area contributed by atoms with Crippen molar-refractivity contribution in [3.8, 4) is 17.2 Å². The number of hydrogen-bond acceptors (Lipinski definition) is 6. The number of aromatic nitrogens is 1. The second kappa shape index (κ2) is 13.9. The molecule has 2 aliphatic heterocycles. The Morgan fingerprint density at radius 1 is 0.585 bits per heavy atom. The van der Waals surface area contributed by atoms with E-state index in [4.69, 9.17) is 23.7 Å². The first-order valence-corrected chi connectivity index (χ1v) is 15.7. The second-order valence-corrected chi connectivity index (χ2v) is 12.2. The zero-order valence-electron chi connectivity index (χ0n) is 23.2. The lowest BCUT2D eigenvalue weighted by molar-refractivity contribution is -0.106. The van der Waals surface area contributed by atoms with Crippen LogP contribution >= 0.6 is 0 Å². The van der Waals surface area contributed by atoms with Gasteiger partial charge in [0.15, 0.2) is 27.3 Å². The minimum absolute atomic E-state index is 0.159. The monoisotopic (exact) mass is 570 g/mol. The topological polar surface area (TPSA) is 59.0 Å². The third-order valence-electron chi connectivity index (χ3n) is 7.14. The van der Waals surface area contributed by atoms with Crippen molar-refractivity contribution in [1.82, 2.24) is 4.98 Å². The highest BCUT2D eigenvalue weighted by atomic mass is 32.2. The Labute approximate surface area is 244 Å². The highest BCUT2D eigenvalue weighted by molar-refractivity contribution is 7.97. The van der Waals surface area contributed by atoms with E-state index in [0.29, 0.717) is 6.61 Å². The van der Waals surface area contributed by atoms with Crippen molar-refractivity contribution >= 4 is 10.9 Å². The number of hydrogen-bond donors (Lipinski definition) is 0. The van der Waals surface area contributed by atoms with Gasteiger partial charge in [0.1, 0.15) is 23.9 Å². The number of ether oxygens (including phenoxy) is 5. The summed E-state index contributed by atoms with van der Waals surface area (Å²) < 4.78 is 29.8. The van der Waals surface area contributed by atoms with E-state index in [0.717, 1.165) is 74.6 Å². The Morgan fingerprint density at radius 2 is 1.05 bits per heavy atom. The van der Waals surface area contributed by atoms with Gasteiger partial charge in [0.05, 0.1) is 24.1 Å². The molecule has 0 radical (unpaired) electrons. The van der Waals surface area contributed by atoms with Gasteiger partial charge in [0, 0.05) is 25.2 Å². The second-order valence-electron chi connectivity index (χ2n) is 10.2. The molecule has 0 N–H and O–H groups in total. The molecule has 6 nitrogen and oxygen atoms in total. The summed E-state index contributed by atoms with van der Waals surface area (Å²) in [5.41, 5.74) is 1.09. The van der Waals surface area contributed by atoms with E-state index in [2.05, 4.69) is 65.6 Å². The Balaban J connectivity index is 1.21. The lowest BCUT2D eigenvalue weighted by Crippen LogP contribution is -2.25. The van der Waals surface area contributed by atoms with Gasteiger partial charge in [-0.1, -0.05) is 0 Å². The summed E-state index contributed by atoms with van der Waals surface area (Å²) in [6, 6.07) is 29.2. The summed E-state index contributed by atoms with van der Waals surface area (Å²) in [7, 11) is -0.330. The standard InChI is InChI=1S/C34H36NO5S/c1-3-23-36-33(5-1)39-28-9-15-31(16-10-28)41(32-17-11-29(12-18-32)40-34-6-2-4-24-37-34)30-13-7-27(8-14-30)38-25-26-19-21-35-22-20-26/h7-22,33-34H,1-6,23-25H2/q+1. The van der Waals surface area contributed by atoms with Crippen molar-refractivity contribution in [2.45, 2.75) is 72.4 Å². The summed E-state index contributed by atoms with van der Waals surface area (Å²) in [6.45, 7) is 2.04. The maximum atomic E-state index is 6.10. The fourth-order valence-electron chi connectivity index (χ4n) is 4.95. The van der Waals surface area contributed by atoms with E-state index in [1.54, 1.807) is 12.4 Å². The molecule has 3 aromatic carbocycles. The van der Waals surface area contributed by atoms with Crippen molar-refractivity contribution in [2.24, 2.45) is 0 Å². The molecule has 7 heteroatoms. The molecule has 2 atom stereocenters. The van der Waals surface area contributed by atoms with Crippen molar-refractivity contribution in [2.75, 3.05) is 13.2 Å². The van der Waals surface area contributed by atoms with Gasteiger partial charge in [-0.25, -0.2) is 0 Å². The molecule has 1 aromatic heterocycles. The molecule has 2 aliphatic rings. The molecule has 2 fully saturated rings. The maximum Gasteiger partial charge on any atom is 0.199 e. The number of benzene rings is 3. The van der Waals surface area contributed by atoms with E-state index >= 15 is 0 Å². The average molecular weight is 571 g/mol. The lowest BCUT2D eigenvalue weighted by Gasteiger charge is -2.23. The molecule has 41 heavy (non-hydrogen) atoms. The predicted molar refractivity (Wildman–Crippen MR) is 158 cm³/mol. The van der Waals surface area contributed by atoms with Gasteiger partial charge >= 0.3 is 0 Å². The molecule has 212 valence electrons. The van der Waals surface area contributed by atoms with Gasteiger partial charge in [0.2, 0.25) is 0 Å². The average Bonchev–Trinajstić information content (AvgIpc) is 3.04. The first-order valence-electron chi connectivity index (χ1n) is 14.4. The Hall–Kier alpha value is -3.52. The largest absolute Gasteiger partial charge is 0.489 e. The summed E-state index contributed by atoms with van der Waals surface area (Å²) in [5.74, 6) is 2.50. The number of nitrogens with zero attached hydrogens (tertiary/aromatic N) is 1. The molecule has 0 bridgehead atoms. The van der Waals surface area contributed by atoms with Crippen LogP contribution in [0.25, 0.3) is 0 Å². The van der Waals surface area contributed by atoms with Gasteiger partial charge in [-0.05, 0) is 116 Å². The minimum Gasteiger partial charge on any atom is -0.489 e. The van der Waals surface area contributed by atoms with Crippen LogP contribution in [0.15, 0.2) is 112 Å². The Morgan fingerprint density at radius 3 is 1.49 bits per heavy atom. The van der Waals surface area contributed by atoms with E-state index in [1.165, 1.54) is 14.7 Å². The van der Waals surface area contributed by atoms with Crippen LogP contribution in [0.5, 0.6) is 17.2 Å². The van der Waals surface area contributed by atoms with Crippen LogP contribution in [0.4, 0.5) is 0 Å². The predicted octanol–water partition coefficient (Wildman–Crippen LogP) is 7.57. The van der Waals surface area contributed by atoms with Crippen molar-refractivity contribution in [3.05, 3.63) is 103 Å². The van der Waals surface area contributed by atoms with Crippen LogP contribution in [-0.4, -0.2) is 30.8 Å². The van der Waals surface area contributed by atoms with Crippen LogP contribution in [0.3, 0.4) is 0 Å². The lowest BCUT2D eigenvalue weighted by atomic mass is 10.2. The molecule has 2 unspecified atom stereocenters. The summed E-state index contributed by atoms with van der Waals surface area (Å²) in [4.78, 5) is 7.69. The molecule has 0 saturated carbocycles. The quantitative estimate of drug-likeness (QED) is 0.183. The summed E-state index contributed by atoms with van der Waals surface area (Å²) in [6.07, 6.45) is 9.60. The molecule has 2 saturated heterocycles. The van der Waals surface area contributed by atoms with E-state index in [-0.39, 0.29) is 23.5 Å². The fourth-order valence-corrected chi connectivity index (χ4v) is 6.99. The molecule has 0 spiro atoms. The third-order valence-corrected chi connectivity index (χ3v) is 9.37. The number of rotatable bonds is 10. The fraction of sp³-hybridized carbons (Fsp3) is 0.324. The van der Waals surface area contributed by atoms with Gasteiger partial charge in [-0.15, -0.1) is 0 Å². The molecular formula is C34H36NO5S+. The van der Waals surface area contributed by atoms with Gasteiger partial charge in [-0.3, -0.25) is 4.98 Å². The zero-order valence-corrected chi connectivity index (χ0v) is 24.0. The Bertz CT molecular complexity index is 1270. The third kappa shape index (κ3) is 7.61. The van der Waals surface area contributed by atoms with Crippen LogP contribution in [0, 0.1) is 0 Å². The van der Waals surface area contributed by atoms with Crippen molar-refractivity contribution in [3.63, 3.8) is 0 Å². The van der Waals surface area contributed by atoms with E-state index < -0.39 is 0 Å². The minimum atomic E-state index is -0.330. The first kappa shape index (κ1) is 27.6. The highest BCUT2D eigenvalue weighted by Gasteiger charge is 2.29. The smallest absolute Gasteiger partial charge is 0.199 e. The van der Waals surface area contributed by atoms with Crippen LogP contribution in [-0.2, 0) is 27.0 Å². The van der Waals surface area contributed by atoms with Gasteiger partial charge in [-0.2, -0.15) is 0 Å².